The Labute approximate surface area is 113 Å². The normalized spacial score (nSPS) is 11.1. The van der Waals surface area contributed by atoms with Crippen LogP contribution in [0.1, 0.15) is 23.6 Å². The number of fused-ring (bicyclic) bond motifs is 1. The van der Waals surface area contributed by atoms with Crippen LogP contribution >= 0.6 is 0 Å². The third-order valence-corrected chi connectivity index (χ3v) is 3.79. The molecule has 2 nitrogen and oxygen atoms in total. The molecule has 0 atom stereocenters. The maximum atomic E-state index is 4.50. The topological polar surface area (TPSA) is 17.8 Å². The number of hydrogen-bond acceptors (Lipinski definition) is 1. The molecule has 0 N–H and O–H groups in total. The van der Waals surface area contributed by atoms with Gasteiger partial charge in [0.1, 0.15) is 6.33 Å². The van der Waals surface area contributed by atoms with Crippen LogP contribution in [0, 0.1) is 13.8 Å². The molecule has 0 amide bonds. The predicted octanol–water partition coefficient (Wildman–Crippen LogP) is 4.20. The van der Waals surface area contributed by atoms with Crippen molar-refractivity contribution in [2.24, 2.45) is 0 Å². The second-order valence-electron chi connectivity index (χ2n) is 5.06. The minimum absolute atomic E-state index is 1.06. The highest BCUT2D eigenvalue weighted by Gasteiger charge is 2.06. The van der Waals surface area contributed by atoms with Gasteiger partial charge in [0.25, 0.3) is 0 Å². The number of aromatic nitrogens is 2. The highest BCUT2D eigenvalue weighted by Crippen LogP contribution is 2.22. The third kappa shape index (κ3) is 2.03. The summed E-state index contributed by atoms with van der Waals surface area (Å²) in [5, 5.41) is 0. The van der Waals surface area contributed by atoms with Gasteiger partial charge in [-0.3, -0.25) is 4.57 Å². The van der Waals surface area contributed by atoms with Gasteiger partial charge in [0, 0.05) is 5.69 Å². The summed E-state index contributed by atoms with van der Waals surface area (Å²) in [5.41, 5.74) is 7.36. The Morgan fingerprint density at radius 3 is 2.37 bits per heavy atom. The zero-order chi connectivity index (χ0) is 13.4. The van der Waals surface area contributed by atoms with E-state index >= 15 is 0 Å². The van der Waals surface area contributed by atoms with Gasteiger partial charge in [0.05, 0.1) is 11.0 Å². The fourth-order valence-electron chi connectivity index (χ4n) is 2.36. The first-order valence-electron chi connectivity index (χ1n) is 6.72. The molecule has 0 aliphatic carbocycles. The Balaban J connectivity index is 2.16. The van der Waals surface area contributed by atoms with Gasteiger partial charge in [-0.2, -0.15) is 0 Å². The van der Waals surface area contributed by atoms with Crippen molar-refractivity contribution in [1.82, 2.24) is 9.55 Å². The molecule has 0 aliphatic heterocycles. The quantitative estimate of drug-likeness (QED) is 0.666. The van der Waals surface area contributed by atoms with Crippen LogP contribution in [0.4, 0.5) is 0 Å². The van der Waals surface area contributed by atoms with E-state index in [2.05, 4.69) is 66.7 Å². The molecule has 0 saturated heterocycles. The molecule has 3 aromatic rings. The van der Waals surface area contributed by atoms with Crippen LogP contribution in [-0.2, 0) is 6.42 Å². The summed E-state index contributed by atoms with van der Waals surface area (Å²) in [4.78, 5) is 4.50. The van der Waals surface area contributed by atoms with E-state index in [-0.39, 0.29) is 0 Å². The summed E-state index contributed by atoms with van der Waals surface area (Å²) in [5.74, 6) is 0. The van der Waals surface area contributed by atoms with Gasteiger partial charge in [-0.1, -0.05) is 19.1 Å². The SMILES string of the molecule is CCc1ccc(-n2cnc3cc(C)c(C)cc32)cc1. The van der Waals surface area contributed by atoms with Gasteiger partial charge in [-0.25, -0.2) is 4.98 Å². The van der Waals surface area contributed by atoms with E-state index in [1.807, 2.05) is 6.33 Å². The van der Waals surface area contributed by atoms with Gasteiger partial charge in [-0.05, 0) is 61.2 Å². The van der Waals surface area contributed by atoms with Crippen molar-refractivity contribution in [2.45, 2.75) is 27.2 Å². The van der Waals surface area contributed by atoms with Crippen LogP contribution in [0.25, 0.3) is 16.7 Å². The summed E-state index contributed by atoms with van der Waals surface area (Å²) in [6.07, 6.45) is 2.98. The van der Waals surface area contributed by atoms with Crippen molar-refractivity contribution < 1.29 is 0 Å². The Morgan fingerprint density at radius 2 is 1.68 bits per heavy atom. The maximum Gasteiger partial charge on any atom is 0.100 e. The maximum absolute atomic E-state index is 4.50. The van der Waals surface area contributed by atoms with Crippen LogP contribution < -0.4 is 0 Å². The van der Waals surface area contributed by atoms with Crippen molar-refractivity contribution in [2.75, 3.05) is 0 Å². The first kappa shape index (κ1) is 12.0. The Morgan fingerprint density at radius 1 is 1.00 bits per heavy atom. The molecule has 0 fully saturated rings. The molecule has 19 heavy (non-hydrogen) atoms. The van der Waals surface area contributed by atoms with Gasteiger partial charge in [0.2, 0.25) is 0 Å². The number of nitrogens with zero attached hydrogens (tertiary/aromatic N) is 2. The van der Waals surface area contributed by atoms with E-state index in [4.69, 9.17) is 0 Å². The van der Waals surface area contributed by atoms with E-state index in [1.165, 1.54) is 27.9 Å². The molecular formula is C17H18N2. The lowest BCUT2D eigenvalue weighted by Crippen LogP contribution is -1.93. The zero-order valence-corrected chi connectivity index (χ0v) is 11.6. The minimum Gasteiger partial charge on any atom is -0.299 e. The fraction of sp³-hybridized carbons (Fsp3) is 0.235. The molecule has 0 saturated carbocycles. The lowest BCUT2D eigenvalue weighted by molar-refractivity contribution is 1.08. The van der Waals surface area contributed by atoms with E-state index in [0.717, 1.165) is 11.9 Å². The van der Waals surface area contributed by atoms with Gasteiger partial charge >= 0.3 is 0 Å². The lowest BCUT2D eigenvalue weighted by atomic mass is 10.1. The van der Waals surface area contributed by atoms with Crippen molar-refractivity contribution in [3.63, 3.8) is 0 Å². The highest BCUT2D eigenvalue weighted by molar-refractivity contribution is 5.79. The third-order valence-electron chi connectivity index (χ3n) is 3.79. The Kier molecular flexibility index (Phi) is 2.86. The van der Waals surface area contributed by atoms with Crippen LogP contribution in [0.3, 0.4) is 0 Å². The smallest absolute Gasteiger partial charge is 0.100 e. The molecule has 3 rings (SSSR count). The van der Waals surface area contributed by atoms with E-state index in [1.54, 1.807) is 0 Å². The highest BCUT2D eigenvalue weighted by atomic mass is 15.0. The molecule has 2 aromatic carbocycles. The van der Waals surface area contributed by atoms with E-state index in [0.29, 0.717) is 0 Å². The summed E-state index contributed by atoms with van der Waals surface area (Å²) in [7, 11) is 0. The molecule has 1 aromatic heterocycles. The summed E-state index contributed by atoms with van der Waals surface area (Å²) in [6, 6.07) is 13.1. The molecule has 1 heterocycles. The summed E-state index contributed by atoms with van der Waals surface area (Å²) < 4.78 is 2.15. The first-order chi connectivity index (χ1) is 9.19. The summed E-state index contributed by atoms with van der Waals surface area (Å²) in [6.45, 7) is 6.45. The number of aryl methyl sites for hydroxylation is 3. The van der Waals surface area contributed by atoms with Gasteiger partial charge in [0.15, 0.2) is 0 Å². The van der Waals surface area contributed by atoms with E-state index < -0.39 is 0 Å². The van der Waals surface area contributed by atoms with Crippen LogP contribution in [-0.4, -0.2) is 9.55 Å². The van der Waals surface area contributed by atoms with Gasteiger partial charge < -0.3 is 0 Å². The van der Waals surface area contributed by atoms with Crippen molar-refractivity contribution in [3.8, 4) is 5.69 Å². The molecule has 0 aliphatic rings. The second-order valence-corrected chi connectivity index (χ2v) is 5.06. The Hall–Kier alpha value is -2.09. The number of hydrogen-bond donors (Lipinski definition) is 0. The largest absolute Gasteiger partial charge is 0.299 e. The van der Waals surface area contributed by atoms with Crippen molar-refractivity contribution in [1.29, 1.82) is 0 Å². The van der Waals surface area contributed by atoms with E-state index in [9.17, 15) is 0 Å². The predicted molar refractivity (Wildman–Crippen MR) is 79.9 cm³/mol. The molecule has 0 unspecified atom stereocenters. The van der Waals surface area contributed by atoms with Crippen LogP contribution in [0.15, 0.2) is 42.7 Å². The molecule has 0 bridgehead atoms. The monoisotopic (exact) mass is 250 g/mol. The number of imidazole rings is 1. The zero-order valence-electron chi connectivity index (χ0n) is 11.6. The first-order valence-corrected chi connectivity index (χ1v) is 6.72. The standard InChI is InChI=1S/C17H18N2/c1-4-14-5-7-15(8-6-14)19-11-18-16-9-12(2)13(3)10-17(16)19/h5-11H,4H2,1-3H3. The molecule has 0 radical (unpaired) electrons. The average Bonchev–Trinajstić information content (AvgIpc) is 2.82. The second kappa shape index (κ2) is 4.54. The van der Waals surface area contributed by atoms with Crippen LogP contribution in [0.5, 0.6) is 0 Å². The van der Waals surface area contributed by atoms with Crippen molar-refractivity contribution in [3.05, 3.63) is 59.4 Å². The molecule has 0 spiro atoms. The minimum atomic E-state index is 1.06. The number of benzene rings is 2. The molecular weight excluding hydrogens is 232 g/mol. The van der Waals surface area contributed by atoms with Crippen molar-refractivity contribution >= 4 is 11.0 Å². The average molecular weight is 250 g/mol. The molecule has 96 valence electrons. The Bertz CT molecular complexity index is 721. The molecule has 2 heteroatoms. The van der Waals surface area contributed by atoms with Crippen LogP contribution in [0.2, 0.25) is 0 Å². The summed E-state index contributed by atoms with van der Waals surface area (Å²) >= 11 is 0. The fourth-order valence-corrected chi connectivity index (χ4v) is 2.36. The number of rotatable bonds is 2. The van der Waals surface area contributed by atoms with Gasteiger partial charge in [-0.15, -0.1) is 0 Å². The lowest BCUT2D eigenvalue weighted by Gasteiger charge is -2.07.